The van der Waals surface area contributed by atoms with Gasteiger partial charge in [0.05, 0.1) is 19.4 Å². The molecule has 0 radical (unpaired) electrons. The lowest BCUT2D eigenvalue weighted by molar-refractivity contribution is -0.134. The van der Waals surface area contributed by atoms with Crippen molar-refractivity contribution >= 4 is 17.9 Å². The zero-order valence-electron chi connectivity index (χ0n) is 10.8. The summed E-state index contributed by atoms with van der Waals surface area (Å²) in [5, 5.41) is 0. The standard InChI is InChI=1S/C11H13NO3.C2H6/c1-3-15-11(13)8-12-9-4-6-10(14-2)7-5-9;1-2/h4-8H,3H2,1-2H3;1-2H3. The molecule has 4 heteroatoms. The normalized spacial score (nSPS) is 9.41. The van der Waals surface area contributed by atoms with Crippen LogP contribution in [0.2, 0.25) is 0 Å². The van der Waals surface area contributed by atoms with Gasteiger partial charge in [-0.15, -0.1) is 0 Å². The Bertz CT molecular complexity index is 344. The lowest BCUT2D eigenvalue weighted by Crippen LogP contribution is -2.04. The van der Waals surface area contributed by atoms with Crippen molar-refractivity contribution in [1.29, 1.82) is 0 Å². The number of esters is 1. The smallest absolute Gasteiger partial charge is 0.349 e. The summed E-state index contributed by atoms with van der Waals surface area (Å²) in [4.78, 5) is 14.9. The van der Waals surface area contributed by atoms with Gasteiger partial charge in [-0.2, -0.15) is 0 Å². The maximum absolute atomic E-state index is 10.9. The molecule has 0 spiro atoms. The van der Waals surface area contributed by atoms with E-state index >= 15 is 0 Å². The van der Waals surface area contributed by atoms with Crippen LogP contribution in [0.5, 0.6) is 5.75 Å². The molecule has 0 saturated carbocycles. The van der Waals surface area contributed by atoms with Gasteiger partial charge in [0, 0.05) is 0 Å². The van der Waals surface area contributed by atoms with Crippen LogP contribution in [0.15, 0.2) is 29.3 Å². The molecule has 0 unspecified atom stereocenters. The summed E-state index contributed by atoms with van der Waals surface area (Å²) < 4.78 is 9.69. The molecule has 94 valence electrons. The van der Waals surface area contributed by atoms with Crippen LogP contribution in [0, 0.1) is 0 Å². The minimum Gasteiger partial charge on any atom is -0.497 e. The molecule has 1 rings (SSSR count). The van der Waals surface area contributed by atoms with E-state index in [1.165, 1.54) is 0 Å². The molecule has 0 aliphatic heterocycles. The Kier molecular flexibility index (Phi) is 8.37. The minimum absolute atomic E-state index is 0.355. The van der Waals surface area contributed by atoms with E-state index in [9.17, 15) is 4.79 Å². The lowest BCUT2D eigenvalue weighted by Gasteiger charge is -1.98. The van der Waals surface area contributed by atoms with E-state index in [-0.39, 0.29) is 0 Å². The Balaban J connectivity index is 0.00000121. The van der Waals surface area contributed by atoms with E-state index in [0.717, 1.165) is 12.0 Å². The fraction of sp³-hybridized carbons (Fsp3) is 0.385. The largest absolute Gasteiger partial charge is 0.497 e. The second-order valence-electron chi connectivity index (χ2n) is 2.71. The predicted molar refractivity (Wildman–Crippen MR) is 69.1 cm³/mol. The topological polar surface area (TPSA) is 47.9 Å². The average molecular weight is 237 g/mol. The third kappa shape index (κ3) is 6.35. The highest BCUT2D eigenvalue weighted by Crippen LogP contribution is 2.16. The Hall–Kier alpha value is -1.84. The van der Waals surface area contributed by atoms with E-state index in [4.69, 9.17) is 9.47 Å². The van der Waals surface area contributed by atoms with E-state index in [0.29, 0.717) is 12.3 Å². The van der Waals surface area contributed by atoms with Crippen LogP contribution in [0.1, 0.15) is 20.8 Å². The monoisotopic (exact) mass is 237 g/mol. The summed E-state index contributed by atoms with van der Waals surface area (Å²) in [6.07, 6.45) is 1.16. The quantitative estimate of drug-likeness (QED) is 0.597. The fourth-order valence-electron chi connectivity index (χ4n) is 0.975. The molecular weight excluding hydrogens is 218 g/mol. The molecule has 4 nitrogen and oxygen atoms in total. The summed E-state index contributed by atoms with van der Waals surface area (Å²) in [7, 11) is 1.59. The highest BCUT2D eigenvalue weighted by molar-refractivity contribution is 6.23. The molecule has 0 bridgehead atoms. The number of carbonyl (C=O) groups is 1. The SMILES string of the molecule is CC.CCOC(=O)C=Nc1ccc(OC)cc1. The van der Waals surface area contributed by atoms with Crippen molar-refractivity contribution in [3.8, 4) is 5.75 Å². The first-order chi connectivity index (χ1) is 8.26. The summed E-state index contributed by atoms with van der Waals surface area (Å²) in [5.41, 5.74) is 0.684. The third-order valence-electron chi connectivity index (χ3n) is 1.68. The highest BCUT2D eigenvalue weighted by atomic mass is 16.5. The summed E-state index contributed by atoms with van der Waals surface area (Å²) in [6, 6.07) is 7.07. The Morgan fingerprint density at radius 1 is 1.29 bits per heavy atom. The Morgan fingerprint density at radius 3 is 2.35 bits per heavy atom. The summed E-state index contributed by atoms with van der Waals surface area (Å²) in [5.74, 6) is 0.318. The Labute approximate surface area is 102 Å². The van der Waals surface area contributed by atoms with E-state index in [2.05, 4.69) is 4.99 Å². The van der Waals surface area contributed by atoms with Crippen LogP contribution >= 0.6 is 0 Å². The van der Waals surface area contributed by atoms with Crippen molar-refractivity contribution < 1.29 is 14.3 Å². The van der Waals surface area contributed by atoms with Gasteiger partial charge in [0.15, 0.2) is 0 Å². The van der Waals surface area contributed by atoms with Gasteiger partial charge in [0.1, 0.15) is 12.0 Å². The van der Waals surface area contributed by atoms with Crippen LogP contribution in [0.4, 0.5) is 5.69 Å². The first kappa shape index (κ1) is 15.2. The van der Waals surface area contributed by atoms with Crippen LogP contribution in [-0.2, 0) is 9.53 Å². The van der Waals surface area contributed by atoms with Gasteiger partial charge in [0.25, 0.3) is 0 Å². The van der Waals surface area contributed by atoms with Crippen molar-refractivity contribution in [3.63, 3.8) is 0 Å². The molecule has 1 aromatic rings. The van der Waals surface area contributed by atoms with Gasteiger partial charge < -0.3 is 9.47 Å². The van der Waals surface area contributed by atoms with E-state index in [1.54, 1.807) is 38.3 Å². The molecule has 17 heavy (non-hydrogen) atoms. The molecule has 0 atom stereocenters. The number of ether oxygens (including phenoxy) is 2. The predicted octanol–water partition coefficient (Wildman–Crippen LogP) is 2.99. The van der Waals surface area contributed by atoms with E-state index in [1.807, 2.05) is 13.8 Å². The van der Waals surface area contributed by atoms with Gasteiger partial charge >= 0.3 is 5.97 Å². The second-order valence-corrected chi connectivity index (χ2v) is 2.71. The van der Waals surface area contributed by atoms with Crippen molar-refractivity contribution in [2.24, 2.45) is 4.99 Å². The van der Waals surface area contributed by atoms with Crippen LogP contribution in [-0.4, -0.2) is 25.9 Å². The van der Waals surface area contributed by atoms with Gasteiger partial charge in [-0.1, -0.05) is 13.8 Å². The highest BCUT2D eigenvalue weighted by Gasteiger charge is 1.95. The van der Waals surface area contributed by atoms with Gasteiger partial charge in [-0.05, 0) is 31.2 Å². The number of nitrogens with zero attached hydrogens (tertiary/aromatic N) is 1. The molecule has 0 saturated heterocycles. The molecule has 0 aliphatic carbocycles. The average Bonchev–Trinajstić information content (AvgIpc) is 2.40. The Morgan fingerprint density at radius 2 is 1.88 bits per heavy atom. The molecule has 0 amide bonds. The van der Waals surface area contributed by atoms with Crippen molar-refractivity contribution in [1.82, 2.24) is 0 Å². The number of benzene rings is 1. The van der Waals surface area contributed by atoms with E-state index < -0.39 is 5.97 Å². The minimum atomic E-state index is -0.437. The van der Waals surface area contributed by atoms with Gasteiger partial charge in [0.2, 0.25) is 0 Å². The zero-order valence-corrected chi connectivity index (χ0v) is 10.8. The number of hydrogen-bond acceptors (Lipinski definition) is 4. The van der Waals surface area contributed by atoms with Crippen molar-refractivity contribution in [2.75, 3.05) is 13.7 Å². The number of carbonyl (C=O) groups excluding carboxylic acids is 1. The maximum Gasteiger partial charge on any atom is 0.349 e. The zero-order chi connectivity index (χ0) is 13.1. The lowest BCUT2D eigenvalue weighted by atomic mass is 10.3. The van der Waals surface area contributed by atoms with Crippen LogP contribution in [0.3, 0.4) is 0 Å². The number of aliphatic imine (C=N–C) groups is 1. The molecule has 0 heterocycles. The number of methoxy groups -OCH3 is 1. The maximum atomic E-state index is 10.9. The van der Waals surface area contributed by atoms with Gasteiger partial charge in [-0.3, -0.25) is 0 Å². The molecule has 1 aromatic carbocycles. The molecule has 0 aromatic heterocycles. The first-order valence-corrected chi connectivity index (χ1v) is 5.61. The summed E-state index contributed by atoms with van der Waals surface area (Å²) in [6.45, 7) is 6.10. The number of hydrogen-bond donors (Lipinski definition) is 0. The van der Waals surface area contributed by atoms with Crippen LogP contribution in [0.25, 0.3) is 0 Å². The van der Waals surface area contributed by atoms with Gasteiger partial charge in [-0.25, -0.2) is 9.79 Å². The van der Waals surface area contributed by atoms with Crippen molar-refractivity contribution in [2.45, 2.75) is 20.8 Å². The second kappa shape index (κ2) is 9.39. The molecule has 0 N–H and O–H groups in total. The molecule has 0 fully saturated rings. The summed E-state index contributed by atoms with van der Waals surface area (Å²) >= 11 is 0. The van der Waals surface area contributed by atoms with Crippen molar-refractivity contribution in [3.05, 3.63) is 24.3 Å². The molecular formula is C13H19NO3. The fourth-order valence-corrected chi connectivity index (χ4v) is 0.975. The van der Waals surface area contributed by atoms with Crippen LogP contribution < -0.4 is 4.74 Å². The first-order valence-electron chi connectivity index (χ1n) is 5.61. The number of rotatable bonds is 4. The third-order valence-corrected chi connectivity index (χ3v) is 1.68. The molecule has 0 aliphatic rings.